The summed E-state index contributed by atoms with van der Waals surface area (Å²) in [4.78, 5) is 48.3. The van der Waals surface area contributed by atoms with Gasteiger partial charge in [0.1, 0.15) is 75.6 Å². The van der Waals surface area contributed by atoms with E-state index < -0.39 is 138 Å². The van der Waals surface area contributed by atoms with E-state index in [0.717, 1.165) is 12.1 Å². The van der Waals surface area contributed by atoms with Gasteiger partial charge in [0.15, 0.2) is 69.3 Å². The molecule has 0 saturated carbocycles. The lowest BCUT2D eigenvalue weighted by molar-refractivity contribution is -0.206. The Morgan fingerprint density at radius 1 is 0.551 bits per heavy atom. The van der Waals surface area contributed by atoms with Gasteiger partial charge >= 0.3 is 12.2 Å². The van der Waals surface area contributed by atoms with E-state index in [-0.39, 0.29) is 86.1 Å². The van der Waals surface area contributed by atoms with Crippen LogP contribution in [0.3, 0.4) is 0 Å². The molecule has 10 heterocycles. The summed E-state index contributed by atoms with van der Waals surface area (Å²) in [6, 6.07) is 16.2. The van der Waals surface area contributed by atoms with Crippen LogP contribution in [-0.2, 0) is 105 Å². The van der Waals surface area contributed by atoms with Crippen molar-refractivity contribution in [3.8, 4) is 0 Å². The summed E-state index contributed by atoms with van der Waals surface area (Å²) in [5, 5.41) is 53.3. The van der Waals surface area contributed by atoms with Gasteiger partial charge in [0.05, 0.1) is 62.7 Å². The zero-order valence-corrected chi connectivity index (χ0v) is 77.0. The predicted molar refractivity (Wildman–Crippen MR) is 446 cm³/mol. The van der Waals surface area contributed by atoms with Crippen molar-refractivity contribution >= 4 is 123 Å². The van der Waals surface area contributed by atoms with Crippen LogP contribution in [0.25, 0.3) is 22.1 Å². The zero-order chi connectivity index (χ0) is 86.3. The first-order valence-electron chi connectivity index (χ1n) is 38.6. The molecule has 118 heavy (non-hydrogen) atoms. The Labute approximate surface area is 707 Å². The van der Waals surface area contributed by atoms with Crippen molar-refractivity contribution < 1.29 is 85.8 Å². The monoisotopic (exact) mass is 1790 g/mol. The molecule has 4 aliphatic heterocycles. The molecule has 6 aromatic heterocycles. The van der Waals surface area contributed by atoms with E-state index in [1.165, 1.54) is 40.9 Å². The van der Waals surface area contributed by atoms with Gasteiger partial charge in [-0.3, -0.25) is 9.80 Å². The average molecular weight is 1800 g/mol. The molecular formula is C74H108Cl4N18O18P2Si2. The van der Waals surface area contributed by atoms with Crippen LogP contribution in [0.15, 0.2) is 60.9 Å². The smallest absolute Gasteiger partial charge is 0.416 e. The molecule has 0 spiro atoms. The lowest BCUT2D eigenvalue weighted by atomic mass is 10.1. The van der Waals surface area contributed by atoms with E-state index in [9.17, 15) is 28.9 Å². The number of fused-ring (bicyclic) bond motifs is 4. The van der Waals surface area contributed by atoms with Crippen molar-refractivity contribution in [2.45, 2.75) is 243 Å². The first kappa shape index (κ1) is 92.5. The Hall–Kier alpha value is -6.21. The Kier molecular flexibility index (Phi) is 28.5. The number of ether oxygens (including phenoxy) is 12. The van der Waals surface area contributed by atoms with E-state index in [0.29, 0.717) is 56.8 Å². The van der Waals surface area contributed by atoms with Gasteiger partial charge in [0, 0.05) is 52.2 Å². The SMILES string of the molecule is CC(C)(C)OC(=O)N(Cc1ccccc1Cl)c1nc(Cl)nc2c1cnn2[C@@H]1O[C@H](CO[C@@](CO)(Cc2nnnn2COCC[Si](C)(C)C)P(C)(C)=O)[C@H]2OC(C)(C)O[C@H]21.CC(C)(C)OC(=O)N(Cc1ccccc1Cl)c1nc(Cl)nc2c1cnn2[C@@H]1O[C@H](CO[C@](CO)(Cc2nnnn2COCC[Si](C)(C)C)P(C)(C)=O)[C@H]2OC(C)(C)O[C@H]21. The molecule has 0 unspecified atom stereocenters. The number of carbonyl (C=O) groups excluding carboxylic acids is 2. The number of amides is 2. The van der Waals surface area contributed by atoms with Crippen LogP contribution in [0.2, 0.25) is 72.0 Å². The van der Waals surface area contributed by atoms with Crippen molar-refractivity contribution in [2.75, 3.05) is 76.1 Å². The zero-order valence-electron chi connectivity index (χ0n) is 70.2. The summed E-state index contributed by atoms with van der Waals surface area (Å²) in [5.74, 6) is -1.12. The second kappa shape index (κ2) is 36.3. The number of halogens is 4. The van der Waals surface area contributed by atoms with Gasteiger partial charge in [-0.05, 0) is 175 Å². The Morgan fingerprint density at radius 3 is 1.24 bits per heavy atom. The molecular weight excluding hydrogens is 1690 g/mol. The summed E-state index contributed by atoms with van der Waals surface area (Å²) in [5.41, 5.74) is 0.0919. The summed E-state index contributed by atoms with van der Waals surface area (Å²) in [6.07, 6.45) is -4.86. The van der Waals surface area contributed by atoms with Crippen molar-refractivity contribution in [1.82, 2.24) is 79.9 Å². The molecule has 10 atom stereocenters. The van der Waals surface area contributed by atoms with Crippen molar-refractivity contribution in [3.05, 3.63) is 104 Å². The van der Waals surface area contributed by atoms with Gasteiger partial charge in [0.2, 0.25) is 10.6 Å². The number of hydrogen-bond donors (Lipinski definition) is 2. The number of aliphatic hydroxyl groups is 2. The molecule has 4 aliphatic rings. The average Bonchev–Trinajstić information content (AvgIpc) is 1.58. The van der Waals surface area contributed by atoms with Gasteiger partial charge in [-0.1, -0.05) is 98.9 Å². The van der Waals surface area contributed by atoms with E-state index in [1.54, 1.807) is 132 Å². The molecule has 2 aromatic carbocycles. The molecule has 12 rings (SSSR count). The molecule has 44 heteroatoms. The quantitative estimate of drug-likeness (QED) is 0.0171. The predicted octanol–water partition coefficient (Wildman–Crippen LogP) is 12.7. The molecule has 2 amide bonds. The number of hydrogen-bond acceptors (Lipinski definition) is 30. The van der Waals surface area contributed by atoms with Gasteiger partial charge in [-0.15, -0.1) is 10.2 Å². The molecule has 2 N–H and O–H groups in total. The minimum Gasteiger partial charge on any atom is -0.443 e. The molecule has 36 nitrogen and oxygen atoms in total. The van der Waals surface area contributed by atoms with Crippen LogP contribution < -0.4 is 9.80 Å². The van der Waals surface area contributed by atoms with Gasteiger partial charge in [-0.2, -0.15) is 30.1 Å². The maximum absolute atomic E-state index is 14.0. The molecule has 0 bridgehead atoms. The topological polar surface area (TPSA) is 400 Å². The largest absolute Gasteiger partial charge is 0.443 e. The molecule has 8 aromatic rings. The van der Waals surface area contributed by atoms with Gasteiger partial charge in [0.25, 0.3) is 0 Å². The highest BCUT2D eigenvalue weighted by molar-refractivity contribution is 7.64. The van der Waals surface area contributed by atoms with E-state index in [4.69, 9.17) is 103 Å². The Balaban J connectivity index is 0.000000231. The second-order valence-electron chi connectivity index (χ2n) is 35.6. The molecule has 4 saturated heterocycles. The fraction of sp³-hybridized carbons (Fsp3) is 0.649. The second-order valence-corrected chi connectivity index (χ2v) is 55.4. The number of anilines is 2. The van der Waals surface area contributed by atoms with Crippen LogP contribution in [0.5, 0.6) is 0 Å². The number of aliphatic hydroxyl groups excluding tert-OH is 2. The van der Waals surface area contributed by atoms with Crippen LogP contribution in [-0.4, -0.2) is 255 Å². The number of tetrazole rings is 2. The summed E-state index contributed by atoms with van der Waals surface area (Å²) >= 11 is 26.2. The van der Waals surface area contributed by atoms with Crippen LogP contribution >= 0.6 is 60.7 Å². The van der Waals surface area contributed by atoms with Crippen molar-refractivity contribution in [1.29, 1.82) is 0 Å². The van der Waals surface area contributed by atoms with Crippen molar-refractivity contribution in [3.63, 3.8) is 0 Å². The molecule has 0 aliphatic carbocycles. The molecule has 648 valence electrons. The lowest BCUT2D eigenvalue weighted by Crippen LogP contribution is -2.44. The normalized spacial score (nSPS) is 21.8. The fourth-order valence-corrected chi connectivity index (χ4v) is 18.2. The summed E-state index contributed by atoms with van der Waals surface area (Å²) in [7, 11) is -9.13. The van der Waals surface area contributed by atoms with Crippen LogP contribution in [0.1, 0.15) is 104 Å². The highest BCUT2D eigenvalue weighted by Crippen LogP contribution is 2.56. The standard InChI is InChI=1S/2C37H54Cl2N9O9PSi/c2*1-35(2,3)57-34(50)46(19-23-13-11-12-14-25(23)38)30-24-18-40-48(31(24)42-33(39)41-30)32-29-28(55-36(4,5)56-29)26(54-32)20-53-37(21-49,58(6,7)51)17-27-43-44-45-47(27)22-52-15-16-59(8,9)10/h2*11-14,18,26,28-29,32,49H,15-17,19-22H2,1-10H3/t26-,28-,29-,32-,37+;26-,28-,29-,32-,37-/m11/s1. The summed E-state index contributed by atoms with van der Waals surface area (Å²) in [6.45, 7) is 37.2. The Bertz CT molecular complexity index is 4650. The maximum Gasteiger partial charge on any atom is 0.416 e. The number of rotatable bonds is 32. The molecule has 4 fully saturated rings. The minimum atomic E-state index is -3.24. The van der Waals surface area contributed by atoms with Crippen LogP contribution in [0.4, 0.5) is 21.2 Å². The first-order chi connectivity index (χ1) is 55.0. The highest BCUT2D eigenvalue weighted by Gasteiger charge is 2.60. The summed E-state index contributed by atoms with van der Waals surface area (Å²) < 4.78 is 109. The molecule has 0 radical (unpaired) electrons. The van der Waals surface area contributed by atoms with E-state index in [1.807, 2.05) is 12.1 Å². The third kappa shape index (κ3) is 22.2. The third-order valence-electron chi connectivity index (χ3n) is 19.8. The van der Waals surface area contributed by atoms with Gasteiger partial charge in [-0.25, -0.2) is 28.3 Å². The minimum absolute atomic E-state index is 0.000701. The first-order valence-corrected chi connectivity index (χ1v) is 52.7. The fourth-order valence-electron chi connectivity index (χ4n) is 13.5. The number of nitrogens with zero attached hydrogens (tertiary/aromatic N) is 18. The van der Waals surface area contributed by atoms with Crippen LogP contribution in [0, 0.1) is 0 Å². The lowest BCUT2D eigenvalue weighted by Gasteiger charge is -2.36. The number of aromatic nitrogens is 16. The number of benzene rings is 2. The van der Waals surface area contributed by atoms with Gasteiger partial charge < -0.3 is 76.2 Å². The van der Waals surface area contributed by atoms with E-state index >= 15 is 0 Å². The third-order valence-corrected chi connectivity index (χ3v) is 29.1. The van der Waals surface area contributed by atoms with E-state index in [2.05, 4.69) is 100 Å². The Morgan fingerprint density at radius 2 is 0.907 bits per heavy atom. The maximum atomic E-state index is 14.0. The van der Waals surface area contributed by atoms with Crippen molar-refractivity contribution in [2.24, 2.45) is 0 Å². The highest BCUT2D eigenvalue weighted by atomic mass is 35.5. The number of carbonyl (C=O) groups is 2.